The summed E-state index contributed by atoms with van der Waals surface area (Å²) in [4.78, 5) is 32.2. The van der Waals surface area contributed by atoms with Gasteiger partial charge < -0.3 is 25.4 Å². The van der Waals surface area contributed by atoms with Crippen molar-refractivity contribution in [2.24, 2.45) is 0 Å². The molecule has 3 amide bonds. The SMILES string of the molecule is Cc1[nH]c(/C=C2\C(=O)Nc3ccc(F)cc32)c(C)c1NC(=O)N1CCN(C)CC1. The lowest BCUT2D eigenvalue weighted by atomic mass is 10.0. The number of likely N-dealkylation sites (N-methyl/N-ethyl adjacent to an activating group) is 1. The van der Waals surface area contributed by atoms with E-state index in [1.807, 2.05) is 20.9 Å². The van der Waals surface area contributed by atoms with Gasteiger partial charge >= 0.3 is 6.03 Å². The van der Waals surface area contributed by atoms with Crippen LogP contribution in [0.4, 0.5) is 20.6 Å². The highest BCUT2D eigenvalue weighted by atomic mass is 19.1. The number of carbonyl (C=O) groups is 2. The molecule has 4 rings (SSSR count). The summed E-state index contributed by atoms with van der Waals surface area (Å²) in [5.74, 6) is -0.675. The van der Waals surface area contributed by atoms with Gasteiger partial charge in [-0.05, 0) is 50.7 Å². The van der Waals surface area contributed by atoms with Crippen molar-refractivity contribution in [2.45, 2.75) is 13.8 Å². The molecule has 2 aromatic rings. The Morgan fingerprint density at radius 1 is 1.21 bits per heavy atom. The van der Waals surface area contributed by atoms with Gasteiger partial charge in [0.05, 0.1) is 11.3 Å². The van der Waals surface area contributed by atoms with Gasteiger partial charge in [0.15, 0.2) is 0 Å². The number of aryl methyl sites for hydroxylation is 1. The van der Waals surface area contributed by atoms with Gasteiger partial charge in [0, 0.05) is 48.8 Å². The van der Waals surface area contributed by atoms with Gasteiger partial charge in [-0.1, -0.05) is 0 Å². The maximum atomic E-state index is 13.7. The summed E-state index contributed by atoms with van der Waals surface area (Å²) in [6.45, 7) is 6.82. The van der Waals surface area contributed by atoms with Crippen LogP contribution in [0.25, 0.3) is 11.6 Å². The number of rotatable bonds is 2. The normalized spacial score (nSPS) is 18.1. The average molecular weight is 397 g/mol. The van der Waals surface area contributed by atoms with Crippen LogP contribution in [0.5, 0.6) is 0 Å². The summed E-state index contributed by atoms with van der Waals surface area (Å²) in [5.41, 5.74) is 4.56. The van der Waals surface area contributed by atoms with Crippen molar-refractivity contribution < 1.29 is 14.0 Å². The number of aromatic amines is 1. The highest BCUT2D eigenvalue weighted by Gasteiger charge is 2.26. The predicted molar refractivity (Wildman–Crippen MR) is 111 cm³/mol. The molecule has 0 bridgehead atoms. The molecule has 1 aromatic heterocycles. The first-order valence-corrected chi connectivity index (χ1v) is 9.60. The molecular formula is C21H24FN5O2. The summed E-state index contributed by atoms with van der Waals surface area (Å²) in [5, 5.41) is 5.74. The number of amides is 3. The third-order valence-corrected chi connectivity index (χ3v) is 5.55. The van der Waals surface area contributed by atoms with Crippen molar-refractivity contribution in [3.8, 4) is 0 Å². The number of nitrogens with zero attached hydrogens (tertiary/aromatic N) is 2. The average Bonchev–Trinajstić information content (AvgIpc) is 3.13. The fourth-order valence-corrected chi connectivity index (χ4v) is 3.75. The molecule has 2 aliphatic heterocycles. The number of fused-ring (bicyclic) bond motifs is 1. The molecule has 2 aliphatic rings. The molecule has 0 atom stereocenters. The highest BCUT2D eigenvalue weighted by molar-refractivity contribution is 6.34. The topological polar surface area (TPSA) is 80.5 Å². The van der Waals surface area contributed by atoms with E-state index in [0.717, 1.165) is 24.3 Å². The quantitative estimate of drug-likeness (QED) is 0.682. The zero-order valence-electron chi connectivity index (χ0n) is 16.7. The van der Waals surface area contributed by atoms with Gasteiger partial charge in [-0.2, -0.15) is 0 Å². The largest absolute Gasteiger partial charge is 0.357 e. The van der Waals surface area contributed by atoms with Crippen LogP contribution in [0.3, 0.4) is 0 Å². The van der Waals surface area contributed by atoms with Crippen molar-refractivity contribution in [3.05, 3.63) is 46.5 Å². The number of aromatic nitrogens is 1. The zero-order valence-corrected chi connectivity index (χ0v) is 16.7. The molecule has 1 fully saturated rings. The first kappa shape index (κ1) is 19.2. The van der Waals surface area contributed by atoms with E-state index in [1.54, 1.807) is 17.0 Å². The Labute approximate surface area is 168 Å². The fraction of sp³-hybridized carbons (Fsp3) is 0.333. The summed E-state index contributed by atoms with van der Waals surface area (Å²) in [7, 11) is 2.04. The summed E-state index contributed by atoms with van der Waals surface area (Å²) < 4.78 is 13.7. The van der Waals surface area contributed by atoms with Gasteiger partial charge in [-0.25, -0.2) is 9.18 Å². The molecule has 7 nitrogen and oxygen atoms in total. The van der Waals surface area contributed by atoms with Crippen LogP contribution in [-0.2, 0) is 4.79 Å². The van der Waals surface area contributed by atoms with E-state index < -0.39 is 5.82 Å². The minimum atomic E-state index is -0.398. The van der Waals surface area contributed by atoms with E-state index in [9.17, 15) is 14.0 Å². The van der Waals surface area contributed by atoms with E-state index in [1.165, 1.54) is 12.1 Å². The molecule has 0 saturated carbocycles. The molecular weight excluding hydrogens is 373 g/mol. The van der Waals surface area contributed by atoms with E-state index in [-0.39, 0.29) is 11.9 Å². The Hall–Kier alpha value is -3.13. The Kier molecular flexibility index (Phi) is 4.87. The maximum Gasteiger partial charge on any atom is 0.321 e. The van der Waals surface area contributed by atoms with Crippen molar-refractivity contribution in [1.82, 2.24) is 14.8 Å². The lowest BCUT2D eigenvalue weighted by Gasteiger charge is -2.32. The van der Waals surface area contributed by atoms with Crippen LogP contribution >= 0.6 is 0 Å². The number of piperazine rings is 1. The monoisotopic (exact) mass is 397 g/mol. The second kappa shape index (κ2) is 7.36. The van der Waals surface area contributed by atoms with Crippen molar-refractivity contribution in [1.29, 1.82) is 0 Å². The van der Waals surface area contributed by atoms with Gasteiger partial charge in [0.2, 0.25) is 0 Å². The molecule has 1 aromatic carbocycles. The van der Waals surface area contributed by atoms with Crippen LogP contribution in [0.2, 0.25) is 0 Å². The van der Waals surface area contributed by atoms with E-state index in [4.69, 9.17) is 0 Å². The lowest BCUT2D eigenvalue weighted by Crippen LogP contribution is -2.48. The van der Waals surface area contributed by atoms with Crippen LogP contribution in [-0.4, -0.2) is 59.9 Å². The number of urea groups is 1. The second-order valence-electron chi connectivity index (χ2n) is 7.59. The van der Waals surface area contributed by atoms with Crippen LogP contribution < -0.4 is 10.6 Å². The molecule has 3 N–H and O–H groups in total. The molecule has 0 spiro atoms. The number of nitrogens with one attached hydrogen (secondary N) is 3. The van der Waals surface area contributed by atoms with Crippen LogP contribution in [0.1, 0.15) is 22.5 Å². The standard InChI is InChI=1S/C21H24FN5O2/c1-12-18(11-16-15-10-14(22)4-5-17(15)24-20(16)28)23-13(2)19(12)25-21(29)27-8-6-26(3)7-9-27/h4-5,10-11,23H,6-9H2,1-3H3,(H,24,28)(H,25,29)/b16-11-. The van der Waals surface area contributed by atoms with E-state index in [2.05, 4.69) is 20.5 Å². The molecule has 3 heterocycles. The smallest absolute Gasteiger partial charge is 0.321 e. The zero-order chi connectivity index (χ0) is 20.7. The summed E-state index contributed by atoms with van der Waals surface area (Å²) >= 11 is 0. The van der Waals surface area contributed by atoms with Gasteiger partial charge in [-0.3, -0.25) is 4.79 Å². The minimum absolute atomic E-state index is 0.131. The summed E-state index contributed by atoms with van der Waals surface area (Å²) in [6.07, 6.45) is 1.70. The molecule has 0 unspecified atom stereocenters. The second-order valence-corrected chi connectivity index (χ2v) is 7.59. The Morgan fingerprint density at radius 3 is 2.66 bits per heavy atom. The highest BCUT2D eigenvalue weighted by Crippen LogP contribution is 2.35. The Balaban J connectivity index is 1.60. The van der Waals surface area contributed by atoms with Crippen LogP contribution in [0, 0.1) is 19.7 Å². The van der Waals surface area contributed by atoms with E-state index in [0.29, 0.717) is 41.3 Å². The van der Waals surface area contributed by atoms with Gasteiger partial charge in [-0.15, -0.1) is 0 Å². The van der Waals surface area contributed by atoms with Crippen molar-refractivity contribution in [3.63, 3.8) is 0 Å². The van der Waals surface area contributed by atoms with E-state index >= 15 is 0 Å². The first-order chi connectivity index (χ1) is 13.8. The number of anilines is 2. The summed E-state index contributed by atoms with van der Waals surface area (Å²) in [6, 6.07) is 4.09. The number of carbonyl (C=O) groups excluding carboxylic acids is 2. The molecule has 8 heteroatoms. The fourth-order valence-electron chi connectivity index (χ4n) is 3.75. The van der Waals surface area contributed by atoms with Crippen molar-refractivity contribution in [2.75, 3.05) is 43.9 Å². The first-order valence-electron chi connectivity index (χ1n) is 9.60. The molecule has 0 aliphatic carbocycles. The van der Waals surface area contributed by atoms with Gasteiger partial charge in [0.25, 0.3) is 5.91 Å². The third-order valence-electron chi connectivity index (χ3n) is 5.55. The number of H-pyrrole nitrogens is 1. The number of hydrogen-bond acceptors (Lipinski definition) is 3. The molecule has 29 heavy (non-hydrogen) atoms. The molecule has 0 radical (unpaired) electrons. The predicted octanol–water partition coefficient (Wildman–Crippen LogP) is 3.04. The van der Waals surface area contributed by atoms with Crippen LogP contribution in [0.15, 0.2) is 18.2 Å². The third kappa shape index (κ3) is 3.63. The number of halogens is 1. The molecule has 1 saturated heterocycles. The Morgan fingerprint density at radius 2 is 1.93 bits per heavy atom. The Bertz CT molecular complexity index is 1020. The van der Waals surface area contributed by atoms with Crippen molar-refractivity contribution >= 4 is 35.0 Å². The van der Waals surface area contributed by atoms with Gasteiger partial charge in [0.1, 0.15) is 5.82 Å². The maximum absolute atomic E-state index is 13.7. The minimum Gasteiger partial charge on any atom is -0.357 e. The number of benzene rings is 1. The number of hydrogen-bond donors (Lipinski definition) is 3. The lowest BCUT2D eigenvalue weighted by molar-refractivity contribution is -0.110. The molecule has 152 valence electrons.